The minimum absolute atomic E-state index is 0.0400. The first kappa shape index (κ1) is 22.7. The Morgan fingerprint density at radius 1 is 0.938 bits per heavy atom. The van der Waals surface area contributed by atoms with Crippen LogP contribution in [-0.2, 0) is 16.0 Å². The maximum absolute atomic E-state index is 12.8. The van der Waals surface area contributed by atoms with Crippen LogP contribution in [0.25, 0.3) is 11.1 Å². The largest absolute Gasteiger partial charge is 0.469 e. The van der Waals surface area contributed by atoms with E-state index in [0.29, 0.717) is 17.5 Å². The van der Waals surface area contributed by atoms with E-state index in [1.165, 1.54) is 7.11 Å². The standard InChI is InChI=1S/C26H27N3O3/c1-17(23(26(31)32-2)16-18-7-6-10-22(15-18)24(27)28)29-25(30)21-13-11-20(12-14-21)19-8-4-3-5-9-19/h3-15,17,23H,16H2,1-2H3,(H3,27,28)(H,29,30)/t17-,23?/m1/s1. The van der Waals surface area contributed by atoms with Crippen LogP contribution in [0.4, 0.5) is 0 Å². The molecule has 0 aromatic heterocycles. The van der Waals surface area contributed by atoms with E-state index in [-0.39, 0.29) is 11.7 Å². The van der Waals surface area contributed by atoms with Crippen LogP contribution in [0.5, 0.6) is 0 Å². The molecule has 3 rings (SSSR count). The van der Waals surface area contributed by atoms with Crippen molar-refractivity contribution in [1.29, 1.82) is 5.41 Å². The molecule has 4 N–H and O–H groups in total. The number of amidine groups is 1. The number of carbonyl (C=O) groups excluding carboxylic acids is 2. The van der Waals surface area contributed by atoms with Gasteiger partial charge in [0.15, 0.2) is 0 Å². The van der Waals surface area contributed by atoms with Crippen molar-refractivity contribution in [3.8, 4) is 11.1 Å². The molecule has 3 aromatic rings. The quantitative estimate of drug-likeness (QED) is 0.288. The lowest BCUT2D eigenvalue weighted by atomic mass is 9.92. The molecule has 2 atom stereocenters. The third-order valence-electron chi connectivity index (χ3n) is 5.41. The van der Waals surface area contributed by atoms with E-state index < -0.39 is 17.9 Å². The topological polar surface area (TPSA) is 105 Å². The second-order valence-electron chi connectivity index (χ2n) is 7.65. The van der Waals surface area contributed by atoms with Gasteiger partial charge in [-0.3, -0.25) is 15.0 Å². The van der Waals surface area contributed by atoms with E-state index in [2.05, 4.69) is 5.32 Å². The first-order valence-electron chi connectivity index (χ1n) is 10.4. The van der Waals surface area contributed by atoms with Crippen molar-refractivity contribution in [1.82, 2.24) is 5.32 Å². The van der Waals surface area contributed by atoms with Crippen molar-refractivity contribution in [2.75, 3.05) is 7.11 Å². The molecule has 1 unspecified atom stereocenters. The number of methoxy groups -OCH3 is 1. The third-order valence-corrected chi connectivity index (χ3v) is 5.41. The second kappa shape index (κ2) is 10.4. The summed E-state index contributed by atoms with van der Waals surface area (Å²) < 4.78 is 4.98. The Balaban J connectivity index is 1.72. The van der Waals surface area contributed by atoms with Crippen LogP contribution in [0.2, 0.25) is 0 Å². The first-order chi connectivity index (χ1) is 15.4. The molecule has 3 aromatic carbocycles. The normalized spacial score (nSPS) is 12.4. The second-order valence-corrected chi connectivity index (χ2v) is 7.65. The lowest BCUT2D eigenvalue weighted by Gasteiger charge is -2.23. The van der Waals surface area contributed by atoms with Crippen molar-refractivity contribution in [2.24, 2.45) is 11.7 Å². The summed E-state index contributed by atoms with van der Waals surface area (Å²) >= 11 is 0. The van der Waals surface area contributed by atoms with Gasteiger partial charge in [0.2, 0.25) is 0 Å². The summed E-state index contributed by atoms with van der Waals surface area (Å²) in [7, 11) is 1.33. The predicted molar refractivity (Wildman–Crippen MR) is 125 cm³/mol. The van der Waals surface area contributed by atoms with Crippen molar-refractivity contribution in [3.05, 3.63) is 95.6 Å². The Morgan fingerprint density at radius 2 is 1.59 bits per heavy atom. The number of benzene rings is 3. The molecule has 0 aliphatic heterocycles. The number of nitrogens with one attached hydrogen (secondary N) is 2. The van der Waals surface area contributed by atoms with E-state index in [4.69, 9.17) is 15.9 Å². The molecule has 164 valence electrons. The monoisotopic (exact) mass is 429 g/mol. The molecule has 0 aliphatic carbocycles. The van der Waals surface area contributed by atoms with Gasteiger partial charge in [0, 0.05) is 17.2 Å². The average molecular weight is 430 g/mol. The van der Waals surface area contributed by atoms with Crippen LogP contribution in [0.1, 0.15) is 28.4 Å². The number of ether oxygens (including phenoxy) is 1. The van der Waals surface area contributed by atoms with Gasteiger partial charge in [-0.15, -0.1) is 0 Å². The first-order valence-corrected chi connectivity index (χ1v) is 10.4. The minimum atomic E-state index is -0.588. The fourth-order valence-electron chi connectivity index (χ4n) is 3.57. The summed E-state index contributed by atoms with van der Waals surface area (Å²) in [6, 6.07) is 24.0. The number of rotatable bonds is 8. The molecule has 0 saturated heterocycles. The highest BCUT2D eigenvalue weighted by molar-refractivity contribution is 5.95. The maximum atomic E-state index is 12.8. The summed E-state index contributed by atoms with van der Waals surface area (Å²) in [5, 5.41) is 10.5. The van der Waals surface area contributed by atoms with Crippen molar-refractivity contribution < 1.29 is 14.3 Å². The van der Waals surface area contributed by atoms with Gasteiger partial charge in [-0.2, -0.15) is 0 Å². The van der Waals surface area contributed by atoms with Crippen LogP contribution < -0.4 is 11.1 Å². The van der Waals surface area contributed by atoms with E-state index in [1.54, 1.807) is 37.3 Å². The minimum Gasteiger partial charge on any atom is -0.469 e. The zero-order valence-electron chi connectivity index (χ0n) is 18.2. The van der Waals surface area contributed by atoms with Gasteiger partial charge in [-0.05, 0) is 48.2 Å². The number of hydrogen-bond donors (Lipinski definition) is 3. The van der Waals surface area contributed by atoms with Crippen LogP contribution in [0.3, 0.4) is 0 Å². The zero-order chi connectivity index (χ0) is 23.1. The molecule has 6 heteroatoms. The van der Waals surface area contributed by atoms with Crippen LogP contribution in [0.15, 0.2) is 78.9 Å². The van der Waals surface area contributed by atoms with E-state index in [1.807, 2.05) is 48.5 Å². The number of amides is 1. The molecule has 0 spiro atoms. The van der Waals surface area contributed by atoms with E-state index in [0.717, 1.165) is 16.7 Å². The lowest BCUT2D eigenvalue weighted by molar-refractivity contribution is -0.146. The van der Waals surface area contributed by atoms with Crippen LogP contribution >= 0.6 is 0 Å². The molecular weight excluding hydrogens is 402 g/mol. The fraction of sp³-hybridized carbons (Fsp3) is 0.192. The summed E-state index contributed by atoms with van der Waals surface area (Å²) in [6.07, 6.45) is 0.349. The zero-order valence-corrected chi connectivity index (χ0v) is 18.2. The molecule has 0 radical (unpaired) electrons. The Labute approximate surface area is 187 Å². The molecule has 0 aliphatic rings. The summed E-state index contributed by atoms with van der Waals surface area (Å²) in [4.78, 5) is 25.3. The third kappa shape index (κ3) is 5.60. The molecule has 6 nitrogen and oxygen atoms in total. The number of esters is 1. The van der Waals surface area contributed by atoms with Crippen molar-refractivity contribution >= 4 is 17.7 Å². The highest BCUT2D eigenvalue weighted by atomic mass is 16.5. The maximum Gasteiger partial charge on any atom is 0.311 e. The Bertz CT molecular complexity index is 1090. The van der Waals surface area contributed by atoms with Gasteiger partial charge in [0.1, 0.15) is 5.84 Å². The van der Waals surface area contributed by atoms with Gasteiger partial charge >= 0.3 is 5.97 Å². The van der Waals surface area contributed by atoms with Gasteiger partial charge in [-0.1, -0.05) is 60.7 Å². The smallest absolute Gasteiger partial charge is 0.311 e. The van der Waals surface area contributed by atoms with Crippen molar-refractivity contribution in [2.45, 2.75) is 19.4 Å². The fourth-order valence-corrected chi connectivity index (χ4v) is 3.57. The number of hydrogen-bond acceptors (Lipinski definition) is 4. The Hall–Kier alpha value is -3.93. The SMILES string of the molecule is COC(=O)C(Cc1cccc(C(=N)N)c1)[C@@H](C)NC(=O)c1ccc(-c2ccccc2)cc1. The van der Waals surface area contributed by atoms with Crippen LogP contribution in [0, 0.1) is 11.3 Å². The highest BCUT2D eigenvalue weighted by Crippen LogP contribution is 2.20. The molecule has 0 heterocycles. The molecule has 0 fully saturated rings. The van der Waals surface area contributed by atoms with Gasteiger partial charge < -0.3 is 15.8 Å². The van der Waals surface area contributed by atoms with E-state index >= 15 is 0 Å². The average Bonchev–Trinajstić information content (AvgIpc) is 2.82. The van der Waals surface area contributed by atoms with Crippen molar-refractivity contribution in [3.63, 3.8) is 0 Å². The van der Waals surface area contributed by atoms with Crippen LogP contribution in [-0.4, -0.2) is 30.9 Å². The lowest BCUT2D eigenvalue weighted by Crippen LogP contribution is -2.42. The molecule has 0 bridgehead atoms. The predicted octanol–water partition coefficient (Wildman–Crippen LogP) is 3.79. The van der Waals surface area contributed by atoms with Gasteiger partial charge in [-0.25, -0.2) is 0 Å². The molecular formula is C26H27N3O3. The number of nitrogen functional groups attached to an aromatic ring is 1. The number of carbonyl (C=O) groups is 2. The molecule has 32 heavy (non-hydrogen) atoms. The van der Waals surface area contributed by atoms with Gasteiger partial charge in [0.25, 0.3) is 5.91 Å². The summed E-state index contributed by atoms with van der Waals surface area (Å²) in [6.45, 7) is 1.78. The molecule has 0 saturated carbocycles. The van der Waals surface area contributed by atoms with E-state index in [9.17, 15) is 9.59 Å². The summed E-state index contributed by atoms with van der Waals surface area (Å²) in [5.41, 5.74) is 9.60. The van der Waals surface area contributed by atoms with Gasteiger partial charge in [0.05, 0.1) is 13.0 Å². The number of nitrogens with two attached hydrogens (primary N) is 1. The highest BCUT2D eigenvalue weighted by Gasteiger charge is 2.28. The Kier molecular flexibility index (Phi) is 7.39. The summed E-state index contributed by atoms with van der Waals surface area (Å²) in [5.74, 6) is -1.30. The Morgan fingerprint density at radius 3 is 2.22 bits per heavy atom. The molecule has 1 amide bonds.